The van der Waals surface area contributed by atoms with Crippen LogP contribution in [0.15, 0.2) is 36.4 Å². The number of hydrogen-bond donors (Lipinski definition) is 2. The third kappa shape index (κ3) is 2.78. The van der Waals surface area contributed by atoms with Crippen molar-refractivity contribution in [2.24, 2.45) is 5.73 Å². The molecule has 3 N–H and O–H groups in total. The lowest BCUT2D eigenvalue weighted by atomic mass is 10.2. The van der Waals surface area contributed by atoms with Crippen LogP contribution in [-0.4, -0.2) is 9.97 Å². The maximum Gasteiger partial charge on any atom is 0.131 e. The SMILES string of the molecule is Cc1cccc(Cl)c1Nc1cccc(C(N)=S)n1. The predicted octanol–water partition coefficient (Wildman–Crippen LogP) is 3.42. The second kappa shape index (κ2) is 5.33. The first kappa shape index (κ1) is 12.8. The van der Waals surface area contributed by atoms with Gasteiger partial charge in [0.15, 0.2) is 0 Å². The van der Waals surface area contributed by atoms with Gasteiger partial charge in [-0.15, -0.1) is 0 Å². The molecule has 1 aromatic heterocycles. The number of nitrogens with one attached hydrogen (secondary N) is 1. The van der Waals surface area contributed by atoms with Crippen molar-refractivity contribution in [3.8, 4) is 0 Å². The molecule has 0 aliphatic carbocycles. The van der Waals surface area contributed by atoms with Gasteiger partial charge >= 0.3 is 0 Å². The van der Waals surface area contributed by atoms with Crippen molar-refractivity contribution in [2.75, 3.05) is 5.32 Å². The van der Waals surface area contributed by atoms with Crippen LogP contribution in [0.3, 0.4) is 0 Å². The first-order valence-corrected chi connectivity index (χ1v) is 6.15. The molecule has 2 rings (SSSR count). The fourth-order valence-corrected chi connectivity index (χ4v) is 1.94. The summed E-state index contributed by atoms with van der Waals surface area (Å²) in [4.78, 5) is 4.59. The maximum absolute atomic E-state index is 6.14. The molecule has 0 saturated carbocycles. The van der Waals surface area contributed by atoms with Crippen molar-refractivity contribution in [2.45, 2.75) is 6.92 Å². The number of halogens is 1. The van der Waals surface area contributed by atoms with Crippen LogP contribution in [0.2, 0.25) is 5.02 Å². The van der Waals surface area contributed by atoms with E-state index in [-0.39, 0.29) is 4.99 Å². The molecule has 0 bridgehead atoms. The van der Waals surface area contributed by atoms with E-state index in [2.05, 4.69) is 10.3 Å². The van der Waals surface area contributed by atoms with Gasteiger partial charge in [0.2, 0.25) is 0 Å². The quantitative estimate of drug-likeness (QED) is 0.844. The Balaban J connectivity index is 2.34. The third-order valence-electron chi connectivity index (χ3n) is 2.48. The standard InChI is InChI=1S/C13H12ClN3S/c1-8-4-2-5-9(14)12(8)17-11-7-3-6-10(16-11)13(15)18/h2-7H,1H3,(H2,15,18)(H,16,17). The van der Waals surface area contributed by atoms with Crippen molar-refractivity contribution >= 4 is 40.3 Å². The summed E-state index contributed by atoms with van der Waals surface area (Å²) in [6.07, 6.45) is 0. The van der Waals surface area contributed by atoms with Crippen LogP contribution in [0.25, 0.3) is 0 Å². The van der Waals surface area contributed by atoms with Gasteiger partial charge < -0.3 is 11.1 Å². The van der Waals surface area contributed by atoms with Crippen LogP contribution < -0.4 is 11.1 Å². The lowest BCUT2D eigenvalue weighted by Crippen LogP contribution is -2.12. The maximum atomic E-state index is 6.14. The van der Waals surface area contributed by atoms with Crippen LogP contribution in [0, 0.1) is 6.92 Å². The number of pyridine rings is 1. The Morgan fingerprint density at radius 3 is 2.67 bits per heavy atom. The number of thiocarbonyl (C=S) groups is 1. The summed E-state index contributed by atoms with van der Waals surface area (Å²) in [5, 5.41) is 3.83. The number of rotatable bonds is 3. The second-order valence-corrected chi connectivity index (χ2v) is 4.68. The summed E-state index contributed by atoms with van der Waals surface area (Å²) in [6.45, 7) is 1.98. The molecule has 0 fully saturated rings. The number of hydrogen-bond acceptors (Lipinski definition) is 3. The minimum Gasteiger partial charge on any atom is -0.388 e. The highest BCUT2D eigenvalue weighted by Crippen LogP contribution is 2.27. The fourth-order valence-electron chi connectivity index (χ4n) is 1.56. The molecule has 0 spiro atoms. The second-order valence-electron chi connectivity index (χ2n) is 3.83. The zero-order valence-corrected chi connectivity index (χ0v) is 11.3. The molecule has 5 heteroatoms. The molecular weight excluding hydrogens is 266 g/mol. The van der Waals surface area contributed by atoms with E-state index >= 15 is 0 Å². The van der Waals surface area contributed by atoms with Gasteiger partial charge in [-0.3, -0.25) is 0 Å². The molecule has 0 radical (unpaired) electrons. The number of nitrogens with zero attached hydrogens (tertiary/aromatic N) is 1. The summed E-state index contributed by atoms with van der Waals surface area (Å²) >= 11 is 11.0. The third-order valence-corrected chi connectivity index (χ3v) is 3.00. The highest BCUT2D eigenvalue weighted by Gasteiger charge is 2.05. The summed E-state index contributed by atoms with van der Waals surface area (Å²) < 4.78 is 0. The predicted molar refractivity (Wildman–Crippen MR) is 79.6 cm³/mol. The van der Waals surface area contributed by atoms with E-state index in [0.29, 0.717) is 16.5 Å². The summed E-state index contributed by atoms with van der Waals surface area (Å²) in [6, 6.07) is 11.2. The lowest BCUT2D eigenvalue weighted by Gasteiger charge is -2.11. The van der Waals surface area contributed by atoms with Gasteiger partial charge in [-0.1, -0.05) is 42.0 Å². The topological polar surface area (TPSA) is 50.9 Å². The molecule has 1 aromatic carbocycles. The van der Waals surface area contributed by atoms with E-state index in [0.717, 1.165) is 11.3 Å². The minimum atomic E-state index is 0.273. The van der Waals surface area contributed by atoms with E-state index in [9.17, 15) is 0 Å². The van der Waals surface area contributed by atoms with Crippen LogP contribution in [-0.2, 0) is 0 Å². The van der Waals surface area contributed by atoms with Crippen LogP contribution in [0.1, 0.15) is 11.3 Å². The zero-order chi connectivity index (χ0) is 13.1. The monoisotopic (exact) mass is 277 g/mol. The largest absolute Gasteiger partial charge is 0.388 e. The first-order valence-electron chi connectivity index (χ1n) is 5.37. The molecule has 18 heavy (non-hydrogen) atoms. The highest BCUT2D eigenvalue weighted by molar-refractivity contribution is 7.80. The Kier molecular flexibility index (Phi) is 3.79. The highest BCUT2D eigenvalue weighted by atomic mass is 35.5. The van der Waals surface area contributed by atoms with E-state index in [1.165, 1.54) is 0 Å². The van der Waals surface area contributed by atoms with Crippen molar-refractivity contribution in [3.63, 3.8) is 0 Å². The molecule has 0 aliphatic rings. The average molecular weight is 278 g/mol. The van der Waals surface area contributed by atoms with Crippen LogP contribution >= 0.6 is 23.8 Å². The number of anilines is 2. The number of para-hydroxylation sites is 1. The molecule has 0 aliphatic heterocycles. The van der Waals surface area contributed by atoms with Crippen molar-refractivity contribution in [3.05, 3.63) is 52.7 Å². The Morgan fingerprint density at radius 2 is 2.00 bits per heavy atom. The van der Waals surface area contributed by atoms with Crippen LogP contribution in [0.5, 0.6) is 0 Å². The minimum absolute atomic E-state index is 0.273. The molecule has 1 heterocycles. The van der Waals surface area contributed by atoms with Crippen LogP contribution in [0.4, 0.5) is 11.5 Å². The zero-order valence-electron chi connectivity index (χ0n) is 9.77. The normalized spacial score (nSPS) is 10.1. The Morgan fingerprint density at radius 1 is 1.28 bits per heavy atom. The molecule has 0 atom stereocenters. The van der Waals surface area contributed by atoms with Gasteiger partial charge in [0, 0.05) is 0 Å². The number of benzene rings is 1. The van der Waals surface area contributed by atoms with E-state index in [1.54, 1.807) is 6.07 Å². The summed E-state index contributed by atoms with van der Waals surface area (Å²) in [5.74, 6) is 0.663. The van der Waals surface area contributed by atoms with Gasteiger partial charge in [0.25, 0.3) is 0 Å². The van der Waals surface area contributed by atoms with E-state index in [1.807, 2.05) is 37.3 Å². The molecule has 2 aromatic rings. The van der Waals surface area contributed by atoms with E-state index < -0.39 is 0 Å². The fraction of sp³-hybridized carbons (Fsp3) is 0.0769. The Bertz CT molecular complexity index is 578. The summed E-state index contributed by atoms with van der Waals surface area (Å²) in [7, 11) is 0. The number of aryl methyl sites for hydroxylation is 1. The molecule has 0 unspecified atom stereocenters. The lowest BCUT2D eigenvalue weighted by molar-refractivity contribution is 1.27. The smallest absolute Gasteiger partial charge is 0.131 e. The van der Waals surface area contributed by atoms with Gasteiger partial charge in [0.1, 0.15) is 10.8 Å². The van der Waals surface area contributed by atoms with Gasteiger partial charge in [-0.05, 0) is 30.7 Å². The van der Waals surface area contributed by atoms with Crippen molar-refractivity contribution in [1.82, 2.24) is 4.98 Å². The van der Waals surface area contributed by atoms with Gasteiger partial charge in [-0.2, -0.15) is 0 Å². The molecular formula is C13H12ClN3S. The molecule has 3 nitrogen and oxygen atoms in total. The van der Waals surface area contributed by atoms with E-state index in [4.69, 9.17) is 29.6 Å². The average Bonchev–Trinajstić information content (AvgIpc) is 2.34. The van der Waals surface area contributed by atoms with Crippen molar-refractivity contribution in [1.29, 1.82) is 0 Å². The Labute approximate surface area is 116 Å². The molecule has 0 amide bonds. The first-order chi connectivity index (χ1) is 8.58. The summed E-state index contributed by atoms with van der Waals surface area (Å²) in [5.41, 5.74) is 8.02. The van der Waals surface area contributed by atoms with Crippen molar-refractivity contribution < 1.29 is 0 Å². The molecule has 0 saturated heterocycles. The van der Waals surface area contributed by atoms with Gasteiger partial charge in [-0.25, -0.2) is 4.98 Å². The van der Waals surface area contributed by atoms with Gasteiger partial charge in [0.05, 0.1) is 16.4 Å². The number of nitrogens with two attached hydrogens (primary N) is 1. The Hall–Kier alpha value is -1.65. The molecule has 92 valence electrons. The number of aromatic nitrogens is 1.